The van der Waals surface area contributed by atoms with Gasteiger partial charge in [0.25, 0.3) is 0 Å². The van der Waals surface area contributed by atoms with E-state index in [4.69, 9.17) is 0 Å². The van der Waals surface area contributed by atoms with Crippen molar-refractivity contribution in [1.82, 2.24) is 19.4 Å². The summed E-state index contributed by atoms with van der Waals surface area (Å²) in [6.45, 7) is 4.00. The van der Waals surface area contributed by atoms with Crippen LogP contribution in [0, 0.1) is 13.8 Å². The molecular weight excluding hydrogens is 212 g/mol. The summed E-state index contributed by atoms with van der Waals surface area (Å²) in [5.74, 6) is 0.724. The number of pyridine rings is 1. The summed E-state index contributed by atoms with van der Waals surface area (Å²) in [7, 11) is 0. The molecule has 17 heavy (non-hydrogen) atoms. The Morgan fingerprint density at radius 2 is 2.06 bits per heavy atom. The van der Waals surface area contributed by atoms with Crippen molar-refractivity contribution in [2.75, 3.05) is 0 Å². The van der Waals surface area contributed by atoms with Crippen LogP contribution in [0.1, 0.15) is 11.3 Å². The molecular formula is C13H12N4. The summed E-state index contributed by atoms with van der Waals surface area (Å²) in [6, 6.07) is 4.08. The van der Waals surface area contributed by atoms with Crippen molar-refractivity contribution in [3.8, 4) is 11.3 Å². The average Bonchev–Trinajstić information content (AvgIpc) is 2.68. The van der Waals surface area contributed by atoms with Crippen LogP contribution in [-0.4, -0.2) is 19.4 Å². The molecule has 0 spiro atoms. The second kappa shape index (κ2) is 3.66. The van der Waals surface area contributed by atoms with E-state index in [2.05, 4.69) is 21.0 Å². The van der Waals surface area contributed by atoms with Crippen LogP contribution in [0.15, 0.2) is 36.9 Å². The minimum absolute atomic E-state index is 0.724. The molecule has 84 valence electrons. The maximum absolute atomic E-state index is 4.35. The van der Waals surface area contributed by atoms with E-state index >= 15 is 0 Å². The molecule has 4 nitrogen and oxygen atoms in total. The summed E-state index contributed by atoms with van der Waals surface area (Å²) in [5.41, 5.74) is 4.25. The molecule has 0 aliphatic carbocycles. The van der Waals surface area contributed by atoms with Crippen molar-refractivity contribution in [2.45, 2.75) is 13.8 Å². The molecule has 0 N–H and O–H groups in total. The van der Waals surface area contributed by atoms with E-state index in [1.807, 2.05) is 42.9 Å². The van der Waals surface area contributed by atoms with Gasteiger partial charge in [0.2, 0.25) is 5.78 Å². The Bertz CT molecular complexity index is 685. The topological polar surface area (TPSA) is 43.1 Å². The van der Waals surface area contributed by atoms with Crippen molar-refractivity contribution < 1.29 is 0 Å². The quantitative estimate of drug-likeness (QED) is 0.637. The van der Waals surface area contributed by atoms with Gasteiger partial charge >= 0.3 is 0 Å². The van der Waals surface area contributed by atoms with Gasteiger partial charge in [-0.15, -0.1) is 0 Å². The van der Waals surface area contributed by atoms with Crippen LogP contribution in [0.4, 0.5) is 0 Å². The Labute approximate surface area is 99.0 Å². The Balaban J connectivity index is 2.30. The van der Waals surface area contributed by atoms with E-state index in [1.165, 1.54) is 0 Å². The molecule has 3 aromatic heterocycles. The molecule has 0 fully saturated rings. The van der Waals surface area contributed by atoms with E-state index in [0.29, 0.717) is 0 Å². The summed E-state index contributed by atoms with van der Waals surface area (Å²) in [6.07, 6.45) is 7.47. The van der Waals surface area contributed by atoms with E-state index in [0.717, 1.165) is 28.3 Å². The summed E-state index contributed by atoms with van der Waals surface area (Å²) in [5, 5.41) is 0. The predicted molar refractivity (Wildman–Crippen MR) is 65.7 cm³/mol. The van der Waals surface area contributed by atoms with E-state index in [9.17, 15) is 0 Å². The molecule has 0 aromatic carbocycles. The van der Waals surface area contributed by atoms with Crippen molar-refractivity contribution in [1.29, 1.82) is 0 Å². The van der Waals surface area contributed by atoms with Gasteiger partial charge in [-0.1, -0.05) is 0 Å². The van der Waals surface area contributed by atoms with Crippen molar-refractivity contribution in [3.63, 3.8) is 0 Å². The largest absolute Gasteiger partial charge is 0.283 e. The number of imidazole rings is 1. The summed E-state index contributed by atoms with van der Waals surface area (Å²) >= 11 is 0. The summed E-state index contributed by atoms with van der Waals surface area (Å²) < 4.78 is 1.99. The van der Waals surface area contributed by atoms with Gasteiger partial charge in [0.1, 0.15) is 0 Å². The van der Waals surface area contributed by atoms with Gasteiger partial charge < -0.3 is 0 Å². The Kier molecular flexibility index (Phi) is 2.14. The minimum atomic E-state index is 0.724. The fourth-order valence-electron chi connectivity index (χ4n) is 1.94. The Morgan fingerprint density at radius 3 is 2.88 bits per heavy atom. The number of hydrogen-bond acceptors (Lipinski definition) is 3. The lowest BCUT2D eigenvalue weighted by Crippen LogP contribution is -1.93. The lowest BCUT2D eigenvalue weighted by atomic mass is 10.1. The maximum atomic E-state index is 4.35. The number of hydrogen-bond donors (Lipinski definition) is 0. The molecule has 0 unspecified atom stereocenters. The summed E-state index contributed by atoms with van der Waals surface area (Å²) in [4.78, 5) is 12.8. The second-order valence-corrected chi connectivity index (χ2v) is 4.13. The molecule has 3 rings (SSSR count). The first-order valence-electron chi connectivity index (χ1n) is 5.47. The lowest BCUT2D eigenvalue weighted by Gasteiger charge is -2.04. The zero-order valence-corrected chi connectivity index (χ0v) is 9.75. The van der Waals surface area contributed by atoms with Gasteiger partial charge in [-0.25, -0.2) is 9.97 Å². The number of rotatable bonds is 1. The number of aromatic nitrogens is 4. The number of aryl methyl sites for hydroxylation is 2. The predicted octanol–water partition coefficient (Wildman–Crippen LogP) is 2.41. The zero-order chi connectivity index (χ0) is 11.8. The third-order valence-electron chi connectivity index (χ3n) is 2.66. The number of nitrogens with zero attached hydrogens (tertiary/aromatic N) is 4. The molecule has 0 amide bonds. The zero-order valence-electron chi connectivity index (χ0n) is 9.75. The van der Waals surface area contributed by atoms with Crippen LogP contribution in [0.2, 0.25) is 0 Å². The third kappa shape index (κ3) is 1.67. The van der Waals surface area contributed by atoms with Crippen LogP contribution in [0.25, 0.3) is 17.0 Å². The molecule has 0 saturated heterocycles. The molecule has 3 heterocycles. The molecule has 3 aromatic rings. The highest BCUT2D eigenvalue weighted by Gasteiger charge is 2.06. The molecule has 0 saturated carbocycles. The van der Waals surface area contributed by atoms with Crippen LogP contribution >= 0.6 is 0 Å². The van der Waals surface area contributed by atoms with E-state index in [-0.39, 0.29) is 0 Å². The monoisotopic (exact) mass is 224 g/mol. The normalized spacial score (nSPS) is 10.9. The van der Waals surface area contributed by atoms with Crippen molar-refractivity contribution in [3.05, 3.63) is 48.2 Å². The van der Waals surface area contributed by atoms with Crippen LogP contribution in [0.5, 0.6) is 0 Å². The van der Waals surface area contributed by atoms with Gasteiger partial charge in [0, 0.05) is 30.4 Å². The minimum Gasteiger partial charge on any atom is -0.283 e. The van der Waals surface area contributed by atoms with Gasteiger partial charge in [0.15, 0.2) is 0 Å². The SMILES string of the molecule is Cc1cncc(-c2ccnc3nc(C)cn23)c1. The maximum Gasteiger partial charge on any atom is 0.234 e. The standard InChI is InChI=1S/C13H12N4/c1-9-5-11(7-14-6-9)12-3-4-15-13-16-10(2)8-17(12)13/h3-8H,1-2H3. The first-order chi connectivity index (χ1) is 8.24. The molecule has 0 bridgehead atoms. The molecule has 0 aliphatic rings. The van der Waals surface area contributed by atoms with E-state index < -0.39 is 0 Å². The molecule has 0 aliphatic heterocycles. The van der Waals surface area contributed by atoms with Gasteiger partial charge in [0.05, 0.1) is 11.4 Å². The van der Waals surface area contributed by atoms with Gasteiger partial charge in [-0.3, -0.25) is 9.38 Å². The van der Waals surface area contributed by atoms with Gasteiger partial charge in [-0.2, -0.15) is 0 Å². The van der Waals surface area contributed by atoms with Gasteiger partial charge in [-0.05, 0) is 31.5 Å². The molecule has 0 atom stereocenters. The van der Waals surface area contributed by atoms with Crippen molar-refractivity contribution >= 4 is 5.78 Å². The Hall–Kier alpha value is -2.23. The second-order valence-electron chi connectivity index (χ2n) is 4.13. The third-order valence-corrected chi connectivity index (χ3v) is 2.66. The number of fused-ring (bicyclic) bond motifs is 1. The first kappa shape index (κ1) is 9.96. The fraction of sp³-hybridized carbons (Fsp3) is 0.154. The molecule has 0 radical (unpaired) electrons. The first-order valence-corrected chi connectivity index (χ1v) is 5.47. The van der Waals surface area contributed by atoms with E-state index in [1.54, 1.807) is 6.20 Å². The highest BCUT2D eigenvalue weighted by molar-refractivity contribution is 5.61. The Morgan fingerprint density at radius 1 is 1.18 bits per heavy atom. The lowest BCUT2D eigenvalue weighted by molar-refractivity contribution is 1.11. The smallest absolute Gasteiger partial charge is 0.234 e. The fourth-order valence-corrected chi connectivity index (χ4v) is 1.94. The average molecular weight is 224 g/mol. The highest BCUT2D eigenvalue weighted by atomic mass is 15.1. The van der Waals surface area contributed by atoms with Crippen molar-refractivity contribution in [2.24, 2.45) is 0 Å². The van der Waals surface area contributed by atoms with Crippen LogP contribution in [0.3, 0.4) is 0 Å². The molecule has 4 heteroatoms. The highest BCUT2D eigenvalue weighted by Crippen LogP contribution is 2.19. The van der Waals surface area contributed by atoms with Crippen LogP contribution in [-0.2, 0) is 0 Å². The van der Waals surface area contributed by atoms with Crippen LogP contribution < -0.4 is 0 Å².